The molecule has 5 heteroatoms. The molecule has 0 N–H and O–H groups in total. The summed E-state index contributed by atoms with van der Waals surface area (Å²) in [4.78, 5) is 14.4. The summed E-state index contributed by atoms with van der Waals surface area (Å²) in [5.74, 6) is 1.49. The molecule has 0 aromatic carbocycles. The van der Waals surface area contributed by atoms with E-state index in [9.17, 15) is 4.79 Å². The van der Waals surface area contributed by atoms with Crippen LogP contribution in [-0.4, -0.2) is 33.7 Å². The van der Waals surface area contributed by atoms with Gasteiger partial charge in [-0.05, 0) is 48.0 Å². The molecule has 2 rings (SSSR count). The van der Waals surface area contributed by atoms with Crippen molar-refractivity contribution in [1.82, 2.24) is 14.7 Å². The third kappa shape index (κ3) is 3.43. The number of likely N-dealkylation sites (tertiary alicyclic amines) is 1. The zero-order chi connectivity index (χ0) is 14.9. The van der Waals surface area contributed by atoms with E-state index in [0.717, 1.165) is 29.0 Å². The lowest BCUT2D eigenvalue weighted by Crippen LogP contribution is -2.42. The minimum Gasteiger partial charge on any atom is -0.342 e. The van der Waals surface area contributed by atoms with Crippen molar-refractivity contribution >= 4 is 21.8 Å². The van der Waals surface area contributed by atoms with Crippen LogP contribution in [0, 0.1) is 25.7 Å². The number of piperidine rings is 1. The monoisotopic (exact) mass is 341 g/mol. The molecular formula is C15H24BrN3O. The van der Waals surface area contributed by atoms with Crippen LogP contribution in [0.4, 0.5) is 0 Å². The predicted molar refractivity (Wildman–Crippen MR) is 83.5 cm³/mol. The van der Waals surface area contributed by atoms with Crippen molar-refractivity contribution in [3.05, 3.63) is 15.9 Å². The molecule has 1 aromatic heterocycles. The lowest BCUT2D eigenvalue weighted by atomic mass is 9.92. The van der Waals surface area contributed by atoms with Crippen LogP contribution in [0.15, 0.2) is 4.47 Å². The fraction of sp³-hybridized carbons (Fsp3) is 0.733. The van der Waals surface area contributed by atoms with Crippen LogP contribution in [-0.2, 0) is 11.3 Å². The molecule has 1 fully saturated rings. The SMILES string of the molecule is Cc1nn(CCC(=O)N2C[C@@H](C)C[C@H](C)C2)c(C)c1Br. The summed E-state index contributed by atoms with van der Waals surface area (Å²) < 4.78 is 2.97. The van der Waals surface area contributed by atoms with Gasteiger partial charge in [-0.25, -0.2) is 0 Å². The Morgan fingerprint density at radius 3 is 2.40 bits per heavy atom. The Morgan fingerprint density at radius 2 is 1.90 bits per heavy atom. The van der Waals surface area contributed by atoms with Gasteiger partial charge in [-0.1, -0.05) is 13.8 Å². The molecular weight excluding hydrogens is 318 g/mol. The Bertz CT molecular complexity index is 488. The van der Waals surface area contributed by atoms with E-state index in [2.05, 4.69) is 34.9 Å². The van der Waals surface area contributed by atoms with E-state index in [1.807, 2.05) is 23.4 Å². The van der Waals surface area contributed by atoms with E-state index >= 15 is 0 Å². The molecule has 1 amide bonds. The Kier molecular flexibility index (Phi) is 4.89. The van der Waals surface area contributed by atoms with Gasteiger partial charge in [0, 0.05) is 25.2 Å². The molecule has 0 unspecified atom stereocenters. The average Bonchev–Trinajstić information content (AvgIpc) is 2.62. The molecule has 20 heavy (non-hydrogen) atoms. The van der Waals surface area contributed by atoms with Crippen LogP contribution < -0.4 is 0 Å². The molecule has 1 aromatic rings. The molecule has 0 radical (unpaired) electrons. The van der Waals surface area contributed by atoms with Crippen molar-refractivity contribution in [2.75, 3.05) is 13.1 Å². The first-order valence-corrected chi connectivity index (χ1v) is 8.15. The van der Waals surface area contributed by atoms with Gasteiger partial charge in [0.25, 0.3) is 0 Å². The van der Waals surface area contributed by atoms with Gasteiger partial charge in [-0.15, -0.1) is 0 Å². The molecule has 2 heterocycles. The van der Waals surface area contributed by atoms with Gasteiger partial charge >= 0.3 is 0 Å². The van der Waals surface area contributed by atoms with Crippen molar-refractivity contribution in [2.24, 2.45) is 11.8 Å². The minimum atomic E-state index is 0.257. The van der Waals surface area contributed by atoms with Crippen molar-refractivity contribution in [1.29, 1.82) is 0 Å². The molecule has 112 valence electrons. The number of aromatic nitrogens is 2. The summed E-state index contributed by atoms with van der Waals surface area (Å²) in [7, 11) is 0. The number of carbonyl (C=O) groups is 1. The van der Waals surface area contributed by atoms with Crippen LogP contribution in [0.1, 0.15) is 38.1 Å². The standard InChI is InChI=1S/C15H24BrN3O/c1-10-7-11(2)9-18(8-10)14(20)5-6-19-13(4)15(16)12(3)17-19/h10-11H,5-9H2,1-4H3/t10-,11-/m0/s1. The first-order chi connectivity index (χ1) is 9.38. The zero-order valence-corrected chi connectivity index (χ0v) is 14.4. The van der Waals surface area contributed by atoms with E-state index in [1.54, 1.807) is 0 Å². The van der Waals surface area contributed by atoms with Crippen LogP contribution in [0.3, 0.4) is 0 Å². The summed E-state index contributed by atoms with van der Waals surface area (Å²) in [6.07, 6.45) is 1.77. The smallest absolute Gasteiger partial charge is 0.224 e. The number of rotatable bonds is 3. The fourth-order valence-corrected chi connectivity index (χ4v) is 3.40. The highest BCUT2D eigenvalue weighted by Gasteiger charge is 2.25. The Morgan fingerprint density at radius 1 is 1.30 bits per heavy atom. The molecule has 4 nitrogen and oxygen atoms in total. The first-order valence-electron chi connectivity index (χ1n) is 7.35. The molecule has 0 saturated carbocycles. The van der Waals surface area contributed by atoms with Crippen LogP contribution in [0.25, 0.3) is 0 Å². The van der Waals surface area contributed by atoms with Gasteiger partial charge in [-0.2, -0.15) is 5.10 Å². The number of aryl methyl sites for hydroxylation is 2. The number of nitrogens with zero attached hydrogens (tertiary/aromatic N) is 3. The van der Waals surface area contributed by atoms with Gasteiger partial charge in [0.1, 0.15) is 0 Å². The molecule has 1 aliphatic heterocycles. The third-order valence-electron chi connectivity index (χ3n) is 4.05. The maximum Gasteiger partial charge on any atom is 0.224 e. The summed E-state index contributed by atoms with van der Waals surface area (Å²) >= 11 is 3.52. The van der Waals surface area contributed by atoms with E-state index in [0.29, 0.717) is 24.8 Å². The van der Waals surface area contributed by atoms with E-state index in [1.165, 1.54) is 6.42 Å². The molecule has 0 bridgehead atoms. The van der Waals surface area contributed by atoms with Crippen LogP contribution >= 0.6 is 15.9 Å². The minimum absolute atomic E-state index is 0.257. The van der Waals surface area contributed by atoms with Gasteiger partial charge in [0.05, 0.1) is 16.7 Å². The summed E-state index contributed by atoms with van der Waals surface area (Å²) in [6.45, 7) is 10.9. The van der Waals surface area contributed by atoms with Gasteiger partial charge < -0.3 is 4.90 Å². The number of halogens is 1. The maximum atomic E-state index is 12.3. The predicted octanol–water partition coefficient (Wildman–Crippen LogP) is 3.16. The van der Waals surface area contributed by atoms with E-state index < -0.39 is 0 Å². The third-order valence-corrected chi connectivity index (χ3v) is 5.20. The highest BCUT2D eigenvalue weighted by molar-refractivity contribution is 9.10. The molecule has 1 aliphatic rings. The first kappa shape index (κ1) is 15.5. The molecule has 2 atom stereocenters. The van der Waals surface area contributed by atoms with Gasteiger partial charge in [0.2, 0.25) is 5.91 Å². The summed E-state index contributed by atoms with van der Waals surface area (Å²) in [6, 6.07) is 0. The lowest BCUT2D eigenvalue weighted by molar-refractivity contribution is -0.134. The zero-order valence-electron chi connectivity index (χ0n) is 12.8. The van der Waals surface area contributed by atoms with E-state index in [-0.39, 0.29) is 5.91 Å². The normalized spacial score (nSPS) is 23.1. The second-order valence-corrected chi connectivity index (χ2v) is 7.00. The Labute approximate surface area is 129 Å². The van der Waals surface area contributed by atoms with Crippen LogP contribution in [0.2, 0.25) is 0 Å². The topological polar surface area (TPSA) is 38.1 Å². The molecule has 0 spiro atoms. The average molecular weight is 342 g/mol. The molecule has 1 saturated heterocycles. The lowest BCUT2D eigenvalue weighted by Gasteiger charge is -2.35. The Hall–Kier alpha value is -0.840. The maximum absolute atomic E-state index is 12.3. The highest BCUT2D eigenvalue weighted by Crippen LogP contribution is 2.22. The number of amides is 1. The highest BCUT2D eigenvalue weighted by atomic mass is 79.9. The van der Waals surface area contributed by atoms with E-state index in [4.69, 9.17) is 0 Å². The number of hydrogen-bond acceptors (Lipinski definition) is 2. The largest absolute Gasteiger partial charge is 0.342 e. The van der Waals surface area contributed by atoms with Crippen LogP contribution in [0.5, 0.6) is 0 Å². The van der Waals surface area contributed by atoms with Crippen molar-refractivity contribution in [3.63, 3.8) is 0 Å². The van der Waals surface area contributed by atoms with Crippen molar-refractivity contribution in [2.45, 2.75) is 47.1 Å². The van der Waals surface area contributed by atoms with Crippen molar-refractivity contribution < 1.29 is 4.79 Å². The fourth-order valence-electron chi connectivity index (χ4n) is 3.12. The second kappa shape index (κ2) is 6.29. The summed E-state index contributed by atoms with van der Waals surface area (Å²) in [5, 5.41) is 4.46. The number of hydrogen-bond donors (Lipinski definition) is 0. The van der Waals surface area contributed by atoms with Gasteiger partial charge in [-0.3, -0.25) is 9.48 Å². The second-order valence-electron chi connectivity index (χ2n) is 6.20. The quantitative estimate of drug-likeness (QED) is 0.846. The summed E-state index contributed by atoms with van der Waals surface area (Å²) in [5.41, 5.74) is 2.07. The Balaban J connectivity index is 1.93. The van der Waals surface area contributed by atoms with Crippen molar-refractivity contribution in [3.8, 4) is 0 Å². The van der Waals surface area contributed by atoms with Gasteiger partial charge in [0.15, 0.2) is 0 Å². The molecule has 0 aliphatic carbocycles. The number of carbonyl (C=O) groups excluding carboxylic acids is 1.